The Bertz CT molecular complexity index is 608. The number of guanidine groups is 1. The van der Waals surface area contributed by atoms with Crippen LogP contribution in [0.5, 0.6) is 0 Å². The van der Waals surface area contributed by atoms with Crippen molar-refractivity contribution in [2.45, 2.75) is 32.2 Å². The number of rotatable bonds is 6. The highest BCUT2D eigenvalue weighted by atomic mass is 127. The molecule has 0 saturated carbocycles. The lowest BCUT2D eigenvalue weighted by Crippen LogP contribution is -2.55. The first kappa shape index (κ1) is 24.1. The van der Waals surface area contributed by atoms with Gasteiger partial charge in [-0.1, -0.05) is 26.0 Å². The lowest BCUT2D eigenvalue weighted by molar-refractivity contribution is 0.116. The third-order valence-corrected chi connectivity index (χ3v) is 5.07. The molecule has 0 radical (unpaired) electrons. The summed E-state index contributed by atoms with van der Waals surface area (Å²) in [7, 11) is 4.34. The molecule has 27 heavy (non-hydrogen) atoms. The average molecular weight is 491 g/mol. The normalized spacial score (nSPS) is 19.5. The predicted octanol–water partition coefficient (Wildman–Crippen LogP) is 2.52. The van der Waals surface area contributed by atoms with Gasteiger partial charge in [-0.25, -0.2) is 4.39 Å². The molecule has 2 N–H and O–H groups in total. The van der Waals surface area contributed by atoms with Crippen molar-refractivity contribution in [2.24, 2.45) is 4.99 Å². The van der Waals surface area contributed by atoms with Gasteiger partial charge < -0.3 is 15.5 Å². The average Bonchev–Trinajstić information content (AvgIpc) is 2.60. The van der Waals surface area contributed by atoms with E-state index in [1.807, 2.05) is 6.07 Å². The summed E-state index contributed by atoms with van der Waals surface area (Å²) in [6.07, 6.45) is 0. The van der Waals surface area contributed by atoms with Gasteiger partial charge in [0.15, 0.2) is 5.96 Å². The number of benzene rings is 1. The van der Waals surface area contributed by atoms with Crippen LogP contribution in [0.4, 0.5) is 4.39 Å². The fraction of sp³-hybridized carbons (Fsp3) is 0.650. The largest absolute Gasteiger partial charge is 0.357 e. The standard InChI is InChI=1S/C20H34FN5.HI/c1-6-22-19(23-13-18-14-25(4)10-11-26(18)5)24-15-20(2,3)16-8-7-9-17(21)12-16;/h7-9,12,18H,6,10-11,13-15H2,1-5H3,(H2,22,23,24);1H. The zero-order valence-corrected chi connectivity index (χ0v) is 19.6. The summed E-state index contributed by atoms with van der Waals surface area (Å²) < 4.78 is 13.5. The van der Waals surface area contributed by atoms with Crippen LogP contribution in [0.2, 0.25) is 0 Å². The molecule has 1 fully saturated rings. The quantitative estimate of drug-likeness (QED) is 0.365. The summed E-state index contributed by atoms with van der Waals surface area (Å²) in [5.41, 5.74) is 0.734. The van der Waals surface area contributed by atoms with Crippen LogP contribution in [-0.4, -0.2) is 75.2 Å². The van der Waals surface area contributed by atoms with Crippen molar-refractivity contribution >= 4 is 29.9 Å². The highest BCUT2D eigenvalue weighted by molar-refractivity contribution is 14.0. The van der Waals surface area contributed by atoms with Gasteiger partial charge in [0.05, 0.1) is 6.54 Å². The number of piperazine rings is 1. The minimum Gasteiger partial charge on any atom is -0.357 e. The van der Waals surface area contributed by atoms with E-state index in [2.05, 4.69) is 55.3 Å². The lowest BCUT2D eigenvalue weighted by Gasteiger charge is -2.38. The van der Waals surface area contributed by atoms with Gasteiger partial charge in [0, 0.05) is 44.2 Å². The van der Waals surface area contributed by atoms with Crippen molar-refractivity contribution in [3.05, 3.63) is 35.6 Å². The Balaban J connectivity index is 0.00000364. The molecule has 2 rings (SSSR count). The molecule has 5 nitrogen and oxygen atoms in total. The number of hydrogen-bond donors (Lipinski definition) is 2. The van der Waals surface area contributed by atoms with E-state index in [4.69, 9.17) is 4.99 Å². The Hall–Kier alpha value is -0.930. The minimum atomic E-state index is -0.230. The number of likely N-dealkylation sites (N-methyl/N-ethyl adjacent to an activating group) is 2. The molecule has 0 amide bonds. The van der Waals surface area contributed by atoms with E-state index >= 15 is 0 Å². The molecule has 0 spiro atoms. The van der Waals surface area contributed by atoms with Crippen LogP contribution in [0, 0.1) is 5.82 Å². The van der Waals surface area contributed by atoms with Gasteiger partial charge in [0.1, 0.15) is 5.82 Å². The van der Waals surface area contributed by atoms with E-state index in [-0.39, 0.29) is 35.2 Å². The van der Waals surface area contributed by atoms with Crippen molar-refractivity contribution in [1.29, 1.82) is 0 Å². The molecule has 7 heteroatoms. The van der Waals surface area contributed by atoms with Crippen LogP contribution in [0.3, 0.4) is 0 Å². The molecule has 1 aliphatic rings. The molecule has 154 valence electrons. The maximum atomic E-state index is 13.5. The topological polar surface area (TPSA) is 42.9 Å². The highest BCUT2D eigenvalue weighted by Gasteiger charge is 2.23. The van der Waals surface area contributed by atoms with Gasteiger partial charge in [0.25, 0.3) is 0 Å². The summed E-state index contributed by atoms with van der Waals surface area (Å²) >= 11 is 0. The van der Waals surface area contributed by atoms with E-state index in [9.17, 15) is 4.39 Å². The first-order valence-corrected chi connectivity index (χ1v) is 9.49. The van der Waals surface area contributed by atoms with E-state index in [1.54, 1.807) is 12.1 Å². The molecule has 1 unspecified atom stereocenters. The number of nitrogens with zero attached hydrogens (tertiary/aromatic N) is 3. The number of hydrogen-bond acceptors (Lipinski definition) is 3. The van der Waals surface area contributed by atoms with Crippen molar-refractivity contribution in [3.63, 3.8) is 0 Å². The molecule has 1 heterocycles. The Kier molecular flexibility index (Phi) is 9.97. The Morgan fingerprint density at radius 2 is 2.00 bits per heavy atom. The van der Waals surface area contributed by atoms with E-state index in [0.29, 0.717) is 12.6 Å². The third kappa shape index (κ3) is 7.54. The van der Waals surface area contributed by atoms with Crippen LogP contribution < -0.4 is 10.6 Å². The van der Waals surface area contributed by atoms with Crippen LogP contribution >= 0.6 is 24.0 Å². The molecular weight excluding hydrogens is 456 g/mol. The monoisotopic (exact) mass is 491 g/mol. The first-order valence-electron chi connectivity index (χ1n) is 9.49. The maximum absolute atomic E-state index is 13.5. The van der Waals surface area contributed by atoms with E-state index in [0.717, 1.165) is 44.2 Å². The Morgan fingerprint density at radius 1 is 1.26 bits per heavy atom. The third-order valence-electron chi connectivity index (χ3n) is 5.07. The second-order valence-electron chi connectivity index (χ2n) is 7.87. The Labute approximate surface area is 180 Å². The van der Waals surface area contributed by atoms with Crippen LogP contribution in [0.1, 0.15) is 26.3 Å². The van der Waals surface area contributed by atoms with Crippen molar-refractivity contribution in [3.8, 4) is 0 Å². The van der Waals surface area contributed by atoms with Gasteiger partial charge in [-0.15, -0.1) is 24.0 Å². The SMILES string of the molecule is CCNC(=NCC(C)(C)c1cccc(F)c1)NCC1CN(C)CCN1C.I. The van der Waals surface area contributed by atoms with Gasteiger partial charge in [-0.2, -0.15) is 0 Å². The molecular formula is C20H35FIN5. The fourth-order valence-corrected chi connectivity index (χ4v) is 3.16. The van der Waals surface area contributed by atoms with Crippen molar-refractivity contribution < 1.29 is 4.39 Å². The summed E-state index contributed by atoms with van der Waals surface area (Å²) in [6.45, 7) is 11.8. The van der Waals surface area contributed by atoms with Crippen LogP contribution in [0.15, 0.2) is 29.3 Å². The molecule has 0 aromatic heterocycles. The molecule has 1 aromatic rings. The summed E-state index contributed by atoms with van der Waals surface area (Å²) in [5.74, 6) is 0.618. The zero-order chi connectivity index (χ0) is 19.2. The predicted molar refractivity (Wildman–Crippen MR) is 123 cm³/mol. The second-order valence-corrected chi connectivity index (χ2v) is 7.87. The fourth-order valence-electron chi connectivity index (χ4n) is 3.16. The van der Waals surface area contributed by atoms with Crippen molar-refractivity contribution in [1.82, 2.24) is 20.4 Å². The van der Waals surface area contributed by atoms with Crippen LogP contribution in [-0.2, 0) is 5.41 Å². The zero-order valence-electron chi connectivity index (χ0n) is 17.3. The summed E-state index contributed by atoms with van der Waals surface area (Å²) in [6, 6.07) is 7.27. The molecule has 1 aromatic carbocycles. The summed E-state index contributed by atoms with van der Waals surface area (Å²) in [5, 5.41) is 6.79. The van der Waals surface area contributed by atoms with Gasteiger partial charge in [-0.3, -0.25) is 9.89 Å². The molecule has 1 saturated heterocycles. The molecule has 1 atom stereocenters. The molecule has 0 bridgehead atoms. The van der Waals surface area contributed by atoms with Gasteiger partial charge in [0.2, 0.25) is 0 Å². The first-order chi connectivity index (χ1) is 12.3. The van der Waals surface area contributed by atoms with E-state index in [1.165, 1.54) is 6.07 Å². The molecule has 0 aliphatic carbocycles. The number of halogens is 2. The van der Waals surface area contributed by atoms with Gasteiger partial charge in [-0.05, 0) is 38.7 Å². The maximum Gasteiger partial charge on any atom is 0.191 e. The molecule has 1 aliphatic heterocycles. The second kappa shape index (κ2) is 11.2. The number of nitrogens with one attached hydrogen (secondary N) is 2. The smallest absolute Gasteiger partial charge is 0.191 e. The lowest BCUT2D eigenvalue weighted by atomic mass is 9.85. The summed E-state index contributed by atoms with van der Waals surface area (Å²) in [4.78, 5) is 9.52. The van der Waals surface area contributed by atoms with E-state index < -0.39 is 0 Å². The van der Waals surface area contributed by atoms with Gasteiger partial charge >= 0.3 is 0 Å². The van der Waals surface area contributed by atoms with Crippen molar-refractivity contribution in [2.75, 3.05) is 53.4 Å². The minimum absolute atomic E-state index is 0. The van der Waals surface area contributed by atoms with Crippen LogP contribution in [0.25, 0.3) is 0 Å². The number of aliphatic imine (C=N–C) groups is 1. The Morgan fingerprint density at radius 3 is 2.67 bits per heavy atom. The highest BCUT2D eigenvalue weighted by Crippen LogP contribution is 2.24.